The van der Waals surface area contributed by atoms with Crippen LogP contribution in [0.1, 0.15) is 5.89 Å². The molecule has 2 heterocycles. The number of methoxy groups -OCH3 is 1. The van der Waals surface area contributed by atoms with Gasteiger partial charge in [-0.1, -0.05) is 0 Å². The van der Waals surface area contributed by atoms with Crippen LogP contribution in [-0.2, 0) is 0 Å². The van der Waals surface area contributed by atoms with E-state index in [1.54, 1.807) is 24.0 Å². The van der Waals surface area contributed by atoms with Crippen molar-refractivity contribution >= 4 is 33.5 Å². The van der Waals surface area contributed by atoms with Gasteiger partial charge >= 0.3 is 126 Å². The molecule has 1 unspecified atom stereocenters. The van der Waals surface area contributed by atoms with E-state index in [2.05, 4.69) is 31.2 Å². The van der Waals surface area contributed by atoms with Gasteiger partial charge in [0.15, 0.2) is 0 Å². The van der Waals surface area contributed by atoms with E-state index in [9.17, 15) is 0 Å². The molecular formula is C15H18AsN2O2+. The van der Waals surface area contributed by atoms with Crippen molar-refractivity contribution in [3.63, 3.8) is 0 Å². The molecule has 0 bridgehead atoms. The van der Waals surface area contributed by atoms with Crippen LogP contribution in [0.5, 0.6) is 5.75 Å². The zero-order valence-corrected chi connectivity index (χ0v) is 14.3. The van der Waals surface area contributed by atoms with Crippen LogP contribution in [0.3, 0.4) is 0 Å². The Morgan fingerprint density at radius 2 is 2.10 bits per heavy atom. The first kappa shape index (κ1) is 13.5. The van der Waals surface area contributed by atoms with E-state index >= 15 is 0 Å². The molecule has 1 atom stereocenters. The number of allylic oxidation sites excluding steroid dienone is 2. The first-order chi connectivity index (χ1) is 9.49. The van der Waals surface area contributed by atoms with Gasteiger partial charge in [-0.3, -0.25) is 0 Å². The molecule has 0 N–H and O–H groups in total. The molecular weight excluding hydrogens is 315 g/mol. The number of oxazole rings is 1. The summed E-state index contributed by atoms with van der Waals surface area (Å²) in [4.78, 5) is 4.59. The molecule has 1 aromatic carbocycles. The van der Waals surface area contributed by atoms with Crippen LogP contribution in [-0.4, -0.2) is 54.1 Å². The summed E-state index contributed by atoms with van der Waals surface area (Å²) in [5.41, 5.74) is 2.76. The van der Waals surface area contributed by atoms with Crippen LogP contribution < -0.4 is 4.74 Å². The fraction of sp³-hybridized carbons (Fsp3) is 0.267. The zero-order valence-electron chi connectivity index (χ0n) is 11.9. The Morgan fingerprint density at radius 3 is 2.80 bits per heavy atom. The van der Waals surface area contributed by atoms with Crippen LogP contribution in [0.25, 0.3) is 16.7 Å². The van der Waals surface area contributed by atoms with E-state index in [1.165, 1.54) is 4.48 Å². The molecule has 1 aliphatic rings. The van der Waals surface area contributed by atoms with Crippen molar-refractivity contribution < 1.29 is 13.6 Å². The number of likely N-dealkylation sites (N-methyl/N-ethyl adjacent to an activating group) is 1. The molecule has 5 heteroatoms. The Bertz CT molecular complexity index is 729. The van der Waals surface area contributed by atoms with E-state index in [1.807, 2.05) is 18.2 Å². The van der Waals surface area contributed by atoms with Gasteiger partial charge in [-0.2, -0.15) is 0 Å². The second-order valence-electron chi connectivity index (χ2n) is 5.48. The van der Waals surface area contributed by atoms with E-state index in [0.29, 0.717) is 5.89 Å². The minimum absolute atomic E-state index is 0.704. The third-order valence-corrected chi connectivity index (χ3v) is 5.46. The van der Waals surface area contributed by atoms with Gasteiger partial charge in [0, 0.05) is 0 Å². The maximum atomic E-state index is 5.87. The quantitative estimate of drug-likeness (QED) is 0.621. The maximum absolute atomic E-state index is 5.87. The first-order valence-corrected chi connectivity index (χ1v) is 7.65. The third kappa shape index (κ3) is 2.30. The van der Waals surface area contributed by atoms with Crippen molar-refractivity contribution in [3.8, 4) is 5.75 Å². The van der Waals surface area contributed by atoms with Gasteiger partial charge in [-0.15, -0.1) is 0 Å². The summed E-state index contributed by atoms with van der Waals surface area (Å²) in [7, 11) is 6.06. The average molecular weight is 333 g/mol. The van der Waals surface area contributed by atoms with Crippen molar-refractivity contribution in [3.05, 3.63) is 40.7 Å². The van der Waals surface area contributed by atoms with Crippen LogP contribution in [0.2, 0.25) is 0 Å². The topological polar surface area (TPSA) is 35.3 Å². The molecule has 0 spiro atoms. The Morgan fingerprint density at radius 1 is 1.30 bits per heavy atom. The Hall–Kier alpha value is -1.51. The third-order valence-electron chi connectivity index (χ3n) is 3.59. The van der Waals surface area contributed by atoms with Crippen LogP contribution >= 0.6 is 0 Å². The summed E-state index contributed by atoms with van der Waals surface area (Å²) in [5.74, 6) is 1.50. The van der Waals surface area contributed by atoms with Crippen molar-refractivity contribution in [1.82, 2.24) is 4.98 Å². The van der Waals surface area contributed by atoms with E-state index in [0.717, 1.165) is 33.5 Å². The van der Waals surface area contributed by atoms with Gasteiger partial charge in [0.25, 0.3) is 0 Å². The molecule has 3 rings (SSSR count). The number of hydrogen-bond donors (Lipinski definition) is 0. The standard InChI is InChI=1S/C15H18AsN2O2/c1-18(2)9-10(4-7-14(18)16)15-17-12-8-11(19-3)5-6-13(12)20-15/h4-8H,9,16H2,1-3H3/q+1. The van der Waals surface area contributed by atoms with E-state index < -0.39 is 0 Å². The molecule has 0 amide bonds. The second kappa shape index (κ2) is 4.80. The molecule has 20 heavy (non-hydrogen) atoms. The normalized spacial score (nSPS) is 17.8. The van der Waals surface area contributed by atoms with Gasteiger partial charge in [-0.25, -0.2) is 0 Å². The monoisotopic (exact) mass is 333 g/mol. The van der Waals surface area contributed by atoms with Crippen LogP contribution in [0.15, 0.2) is 39.3 Å². The Kier molecular flexibility index (Phi) is 3.23. The number of benzene rings is 1. The van der Waals surface area contributed by atoms with E-state index in [-0.39, 0.29) is 0 Å². The van der Waals surface area contributed by atoms with Crippen molar-refractivity contribution in [2.24, 2.45) is 0 Å². The molecule has 0 aliphatic carbocycles. The Labute approximate surface area is 126 Å². The van der Waals surface area contributed by atoms with Gasteiger partial charge in [0.05, 0.1) is 0 Å². The second-order valence-corrected chi connectivity index (χ2v) is 6.72. The van der Waals surface area contributed by atoms with Gasteiger partial charge < -0.3 is 0 Å². The summed E-state index contributed by atoms with van der Waals surface area (Å²) in [5, 5.41) is 0. The predicted molar refractivity (Wildman–Crippen MR) is 82.1 cm³/mol. The number of rotatable bonds is 2. The SMILES string of the molecule is COc1ccc2oc(C3=CC=C([AsH2])[N+](C)(C)C3)nc2c1. The number of quaternary nitrogens is 1. The fourth-order valence-corrected chi connectivity index (χ4v) is 2.66. The molecule has 0 saturated carbocycles. The van der Waals surface area contributed by atoms with E-state index in [4.69, 9.17) is 9.15 Å². The predicted octanol–water partition coefficient (Wildman–Crippen LogP) is 1.78. The van der Waals surface area contributed by atoms with Crippen molar-refractivity contribution in [2.75, 3.05) is 27.7 Å². The molecule has 0 fully saturated rings. The molecule has 1 aliphatic heterocycles. The first-order valence-electron chi connectivity index (χ1n) is 6.44. The average Bonchev–Trinajstić information content (AvgIpc) is 2.84. The fourth-order valence-electron chi connectivity index (χ4n) is 2.27. The molecule has 2 aromatic rings. The van der Waals surface area contributed by atoms with Crippen molar-refractivity contribution in [1.29, 1.82) is 0 Å². The molecule has 1 aromatic heterocycles. The number of ether oxygens (including phenoxy) is 1. The van der Waals surface area contributed by atoms with Crippen molar-refractivity contribution in [2.45, 2.75) is 0 Å². The zero-order chi connectivity index (χ0) is 14.3. The minimum atomic E-state index is 0.704. The summed E-state index contributed by atoms with van der Waals surface area (Å²) < 4.78 is 13.3. The molecule has 0 radical (unpaired) electrons. The van der Waals surface area contributed by atoms with Gasteiger partial charge in [-0.05, 0) is 0 Å². The number of nitrogens with zero attached hydrogens (tertiary/aromatic N) is 2. The number of aromatic nitrogens is 1. The molecule has 0 saturated heterocycles. The molecule has 104 valence electrons. The summed E-state index contributed by atoms with van der Waals surface area (Å²) >= 11 is 1.66. The van der Waals surface area contributed by atoms with Gasteiger partial charge in [0.1, 0.15) is 0 Å². The summed E-state index contributed by atoms with van der Waals surface area (Å²) in [6.45, 7) is 0.897. The summed E-state index contributed by atoms with van der Waals surface area (Å²) in [6.07, 6.45) is 4.27. The number of fused-ring (bicyclic) bond motifs is 1. The molecule has 4 nitrogen and oxygen atoms in total. The Balaban J connectivity index is 2.03. The van der Waals surface area contributed by atoms with Gasteiger partial charge in [0.2, 0.25) is 0 Å². The van der Waals surface area contributed by atoms with Crippen LogP contribution in [0.4, 0.5) is 0 Å². The summed E-state index contributed by atoms with van der Waals surface area (Å²) in [6, 6.07) is 5.69. The number of hydrogen-bond acceptors (Lipinski definition) is 3. The van der Waals surface area contributed by atoms with Crippen LogP contribution in [0, 0.1) is 0 Å².